The number of anilines is 2. The number of likely N-dealkylation sites (N-methyl/N-ethyl adjacent to an activating group) is 1. The normalized spacial score (nSPS) is 12.1. The van der Waals surface area contributed by atoms with Crippen molar-refractivity contribution in [3.05, 3.63) is 81.6 Å². The van der Waals surface area contributed by atoms with Crippen molar-refractivity contribution in [1.29, 1.82) is 0 Å². The fourth-order valence-electron chi connectivity index (χ4n) is 4.53. The molecule has 0 spiro atoms. The summed E-state index contributed by atoms with van der Waals surface area (Å²) in [5.74, 6) is -6.19. The maximum absolute atomic E-state index is 15.4. The number of ether oxygens (including phenoxy) is 2. The van der Waals surface area contributed by atoms with Crippen molar-refractivity contribution in [2.24, 2.45) is 7.05 Å². The number of amides is 2. The molecule has 2 aromatic heterocycles. The fraction of sp³-hybridized carbons (Fsp3) is 0.241. The van der Waals surface area contributed by atoms with Crippen LogP contribution >= 0.6 is 0 Å². The molecule has 47 heavy (non-hydrogen) atoms. The largest absolute Gasteiger partial charge is 0.497 e. The minimum atomic E-state index is -5.11. The molecule has 4 aromatic rings. The van der Waals surface area contributed by atoms with Gasteiger partial charge in [-0.05, 0) is 43.3 Å². The smallest absolute Gasteiger partial charge is 0.420 e. The van der Waals surface area contributed by atoms with Crippen LogP contribution in [-0.2, 0) is 18.0 Å². The number of nitrogens with one attached hydrogen (secondary N) is 3. The van der Waals surface area contributed by atoms with Crippen molar-refractivity contribution in [2.45, 2.75) is 25.8 Å². The number of nitrogens with zero attached hydrogens (tertiary/aromatic N) is 3. The first-order valence-electron chi connectivity index (χ1n) is 13.4. The van der Waals surface area contributed by atoms with Crippen LogP contribution in [-0.4, -0.2) is 53.0 Å². The van der Waals surface area contributed by atoms with Gasteiger partial charge in [0.2, 0.25) is 5.91 Å². The van der Waals surface area contributed by atoms with E-state index in [1.807, 2.05) is 0 Å². The van der Waals surface area contributed by atoms with E-state index in [0.29, 0.717) is 15.4 Å². The number of halogens is 7. The zero-order valence-electron chi connectivity index (χ0n) is 24.8. The lowest BCUT2D eigenvalue weighted by Crippen LogP contribution is -2.35. The van der Waals surface area contributed by atoms with Gasteiger partial charge >= 0.3 is 12.8 Å². The Morgan fingerprint density at radius 1 is 0.979 bits per heavy atom. The predicted molar refractivity (Wildman–Crippen MR) is 154 cm³/mol. The second-order valence-electron chi connectivity index (χ2n) is 9.73. The Kier molecular flexibility index (Phi) is 9.81. The van der Waals surface area contributed by atoms with Crippen LogP contribution in [0.4, 0.5) is 42.2 Å². The Morgan fingerprint density at radius 2 is 1.60 bits per heavy atom. The first-order chi connectivity index (χ1) is 22.1. The molecular weight excluding hydrogens is 645 g/mol. The molecule has 250 valence electrons. The number of hydrogen-bond acceptors (Lipinski definition) is 7. The van der Waals surface area contributed by atoms with Crippen LogP contribution in [0.2, 0.25) is 0 Å². The zero-order valence-corrected chi connectivity index (χ0v) is 24.8. The van der Waals surface area contributed by atoms with Gasteiger partial charge < -0.3 is 25.4 Å². The number of carbonyl (C=O) groups excluding carboxylic acids is 2. The highest BCUT2D eigenvalue weighted by Gasteiger charge is 2.38. The van der Waals surface area contributed by atoms with Crippen molar-refractivity contribution in [3.8, 4) is 28.6 Å². The molecular formula is C29H25F7N6O5. The molecule has 0 saturated heterocycles. The van der Waals surface area contributed by atoms with Gasteiger partial charge in [0, 0.05) is 31.8 Å². The number of carbonyl (C=O) groups is 2. The lowest BCUT2D eigenvalue weighted by atomic mass is 10.1. The first kappa shape index (κ1) is 34.3. The molecule has 0 saturated carbocycles. The van der Waals surface area contributed by atoms with Crippen molar-refractivity contribution in [2.75, 3.05) is 24.8 Å². The van der Waals surface area contributed by atoms with Gasteiger partial charge in [0.25, 0.3) is 11.5 Å². The summed E-state index contributed by atoms with van der Waals surface area (Å²) in [6.07, 6.45) is -5.11. The molecule has 1 atom stereocenters. The van der Waals surface area contributed by atoms with Gasteiger partial charge in [0.05, 0.1) is 12.7 Å². The second-order valence-corrected chi connectivity index (χ2v) is 9.73. The fourth-order valence-corrected chi connectivity index (χ4v) is 4.53. The van der Waals surface area contributed by atoms with Gasteiger partial charge in [-0.2, -0.15) is 26.6 Å². The Balaban J connectivity index is 1.97. The van der Waals surface area contributed by atoms with Crippen LogP contribution in [0.25, 0.3) is 17.1 Å². The third-order valence-electron chi connectivity index (χ3n) is 6.72. The van der Waals surface area contributed by atoms with E-state index in [0.717, 1.165) is 56.6 Å². The average Bonchev–Trinajstić information content (AvgIpc) is 3.23. The van der Waals surface area contributed by atoms with E-state index in [-0.39, 0.29) is 22.9 Å². The van der Waals surface area contributed by atoms with Crippen molar-refractivity contribution >= 4 is 23.3 Å². The molecule has 3 N–H and O–H groups in total. The minimum absolute atomic E-state index is 0.244. The number of benzene rings is 2. The molecule has 4 rings (SSSR count). The van der Waals surface area contributed by atoms with E-state index in [4.69, 9.17) is 4.74 Å². The third kappa shape index (κ3) is 7.15. The third-order valence-corrected chi connectivity index (χ3v) is 6.72. The summed E-state index contributed by atoms with van der Waals surface area (Å²) in [6, 6.07) is 6.08. The number of methoxy groups -OCH3 is 1. The lowest BCUT2D eigenvalue weighted by Gasteiger charge is -2.18. The highest BCUT2D eigenvalue weighted by Crippen LogP contribution is 2.37. The molecule has 2 heterocycles. The van der Waals surface area contributed by atoms with E-state index in [2.05, 4.69) is 25.7 Å². The topological polar surface area (TPSA) is 129 Å². The monoisotopic (exact) mass is 670 g/mol. The van der Waals surface area contributed by atoms with Gasteiger partial charge in [-0.15, -0.1) is 0 Å². The maximum atomic E-state index is 15.4. The van der Waals surface area contributed by atoms with Gasteiger partial charge in [-0.25, -0.2) is 13.8 Å². The van der Waals surface area contributed by atoms with Crippen LogP contribution in [0.5, 0.6) is 11.5 Å². The number of alkyl halides is 5. The van der Waals surface area contributed by atoms with Crippen LogP contribution in [0.1, 0.15) is 22.8 Å². The molecule has 0 aliphatic heterocycles. The molecule has 2 amide bonds. The van der Waals surface area contributed by atoms with Gasteiger partial charge in [-0.1, -0.05) is 0 Å². The second kappa shape index (κ2) is 13.4. The molecule has 0 aliphatic carbocycles. The SMILES string of the molecule is CNC(=O)[C@H](C)Nc1ccc(C(F)(F)F)c(-n2c(=O)c(NC(=O)c3ccc(OC(F)F)cc3)c(-c3c(F)cc(OC)cc3F)n2C)n1. The van der Waals surface area contributed by atoms with Crippen LogP contribution in [0.15, 0.2) is 53.3 Å². The van der Waals surface area contributed by atoms with Crippen molar-refractivity contribution < 1.29 is 49.8 Å². The summed E-state index contributed by atoms with van der Waals surface area (Å²) >= 11 is 0. The molecule has 0 radical (unpaired) electrons. The Hall–Kier alpha value is -5.55. The first-order valence-corrected chi connectivity index (χ1v) is 13.4. The van der Waals surface area contributed by atoms with Crippen LogP contribution in [0.3, 0.4) is 0 Å². The number of aromatic nitrogens is 3. The Bertz CT molecular complexity index is 1850. The van der Waals surface area contributed by atoms with Crippen molar-refractivity contribution in [3.63, 3.8) is 0 Å². The highest BCUT2D eigenvalue weighted by atomic mass is 19.4. The Labute approximate surface area is 260 Å². The molecule has 0 fully saturated rings. The lowest BCUT2D eigenvalue weighted by molar-refractivity contribution is -0.137. The van der Waals surface area contributed by atoms with E-state index in [1.165, 1.54) is 14.0 Å². The number of pyridine rings is 1. The van der Waals surface area contributed by atoms with Crippen LogP contribution < -0.4 is 31.0 Å². The van der Waals surface area contributed by atoms with E-state index < -0.39 is 76.2 Å². The number of rotatable bonds is 10. The summed E-state index contributed by atoms with van der Waals surface area (Å²) in [5.41, 5.74) is -5.57. The minimum Gasteiger partial charge on any atom is -0.497 e. The summed E-state index contributed by atoms with van der Waals surface area (Å²) in [6.45, 7) is -1.77. The predicted octanol–water partition coefficient (Wildman–Crippen LogP) is 4.94. The van der Waals surface area contributed by atoms with Crippen LogP contribution in [0, 0.1) is 11.6 Å². The molecule has 0 bridgehead atoms. The summed E-state index contributed by atoms with van der Waals surface area (Å²) in [7, 11) is 3.46. The zero-order chi connectivity index (χ0) is 34.8. The van der Waals surface area contributed by atoms with E-state index >= 15 is 8.78 Å². The molecule has 0 aliphatic rings. The summed E-state index contributed by atoms with van der Waals surface area (Å²) in [5, 5.41) is 7.12. The highest BCUT2D eigenvalue weighted by molar-refractivity contribution is 6.06. The van der Waals surface area contributed by atoms with E-state index in [9.17, 15) is 36.3 Å². The Morgan fingerprint density at radius 3 is 2.13 bits per heavy atom. The van der Waals surface area contributed by atoms with E-state index in [1.54, 1.807) is 0 Å². The molecule has 11 nitrogen and oxygen atoms in total. The maximum Gasteiger partial charge on any atom is 0.420 e. The van der Waals surface area contributed by atoms with Gasteiger partial charge in [0.15, 0.2) is 5.82 Å². The van der Waals surface area contributed by atoms with Gasteiger partial charge in [-0.3, -0.25) is 19.1 Å². The van der Waals surface area contributed by atoms with Gasteiger partial charge in [0.1, 0.15) is 51.9 Å². The quantitative estimate of drug-likeness (QED) is 0.204. The number of hydrogen-bond donors (Lipinski definition) is 3. The summed E-state index contributed by atoms with van der Waals surface area (Å²) in [4.78, 5) is 43.0. The standard InChI is InChI=1S/C29H25F7N6O5/c1-13(25(43)37-2)38-20-10-9-17(29(34,35)36)24(39-20)42-27(45)22(40-26(44)14-5-7-15(8-6-14)47-28(32)33)23(41(42)3)21-18(30)11-16(46-4)12-19(21)31/h5-13,28H,1-4H3,(H,37,43)(H,38,39)(H,40,44)/t13-/m0/s1. The molecule has 2 aromatic carbocycles. The van der Waals surface area contributed by atoms with Crippen molar-refractivity contribution in [1.82, 2.24) is 19.7 Å². The summed E-state index contributed by atoms with van der Waals surface area (Å²) < 4.78 is 109. The molecule has 18 heteroatoms. The molecule has 0 unspecified atom stereocenters. The average molecular weight is 671 g/mol.